The first-order valence-corrected chi connectivity index (χ1v) is 10.6. The molecule has 1 aliphatic rings. The van der Waals surface area contributed by atoms with Gasteiger partial charge in [-0.15, -0.1) is 0 Å². The van der Waals surface area contributed by atoms with E-state index in [4.69, 9.17) is 4.74 Å². The number of amides is 1. The van der Waals surface area contributed by atoms with Gasteiger partial charge in [-0.3, -0.25) is 14.9 Å². The fourth-order valence-corrected chi connectivity index (χ4v) is 4.66. The second kappa shape index (κ2) is 8.58. The lowest BCUT2D eigenvalue weighted by atomic mass is 10.1. The second-order valence-electron chi connectivity index (χ2n) is 6.47. The van der Waals surface area contributed by atoms with E-state index in [1.54, 1.807) is 19.1 Å². The summed E-state index contributed by atoms with van der Waals surface area (Å²) in [6.45, 7) is 2.92. The number of nitro groups is 1. The van der Waals surface area contributed by atoms with Crippen LogP contribution >= 0.6 is 0 Å². The first-order chi connectivity index (χ1) is 13.8. The molecular weight excluding hydrogens is 398 g/mol. The zero-order valence-corrected chi connectivity index (χ0v) is 16.6. The molecule has 1 saturated heterocycles. The minimum atomic E-state index is -3.62. The Morgan fingerprint density at radius 3 is 2.59 bits per heavy atom. The highest BCUT2D eigenvalue weighted by Gasteiger charge is 2.27. The molecule has 2 aromatic carbocycles. The Bertz CT molecular complexity index is 1030. The quantitative estimate of drug-likeness (QED) is 0.544. The van der Waals surface area contributed by atoms with Gasteiger partial charge >= 0.3 is 5.69 Å². The smallest absolute Gasteiger partial charge is 0.311 e. The van der Waals surface area contributed by atoms with Crippen molar-refractivity contribution >= 4 is 27.3 Å². The maximum atomic E-state index is 12.7. The zero-order valence-electron chi connectivity index (χ0n) is 15.8. The molecular formula is C19H21N3O6S. The van der Waals surface area contributed by atoms with Crippen LogP contribution in [0.3, 0.4) is 0 Å². The highest BCUT2D eigenvalue weighted by atomic mass is 32.2. The Hall–Kier alpha value is -2.98. The number of nitrogens with one attached hydrogen (secondary N) is 1. The lowest BCUT2D eigenvalue weighted by Gasteiger charge is -2.16. The standard InChI is InChI=1S/C19H21N3O6S/c1-2-28-18-9-8-14(12-17(18)22(24)25)19(23)20-15-6-5-7-16(13-15)29(26,27)21-10-3-4-11-21/h5-9,12-13H,2-4,10-11H2,1H3,(H,20,23). The Labute approximate surface area is 168 Å². The van der Waals surface area contributed by atoms with E-state index >= 15 is 0 Å². The van der Waals surface area contributed by atoms with E-state index in [2.05, 4.69) is 5.32 Å². The van der Waals surface area contributed by atoms with Crippen molar-refractivity contribution in [1.82, 2.24) is 4.31 Å². The summed E-state index contributed by atoms with van der Waals surface area (Å²) in [5.74, 6) is -0.514. The largest absolute Gasteiger partial charge is 0.487 e. The van der Waals surface area contributed by atoms with Gasteiger partial charge in [-0.1, -0.05) is 6.07 Å². The summed E-state index contributed by atoms with van der Waals surface area (Å²) in [6.07, 6.45) is 1.65. The van der Waals surface area contributed by atoms with Gasteiger partial charge in [0.1, 0.15) is 0 Å². The van der Waals surface area contributed by atoms with Crippen molar-refractivity contribution in [3.8, 4) is 5.75 Å². The molecule has 1 aliphatic heterocycles. The van der Waals surface area contributed by atoms with Gasteiger partial charge in [0.25, 0.3) is 5.91 Å². The fraction of sp³-hybridized carbons (Fsp3) is 0.316. The van der Waals surface area contributed by atoms with Crippen LogP contribution in [-0.4, -0.2) is 43.2 Å². The Kier molecular flexibility index (Phi) is 6.14. The maximum Gasteiger partial charge on any atom is 0.311 e. The Morgan fingerprint density at radius 2 is 1.93 bits per heavy atom. The van der Waals surface area contributed by atoms with Gasteiger partial charge < -0.3 is 10.1 Å². The first-order valence-electron chi connectivity index (χ1n) is 9.15. The number of nitro benzene ring substituents is 1. The maximum absolute atomic E-state index is 12.7. The molecule has 0 aromatic heterocycles. The molecule has 10 heteroatoms. The van der Waals surface area contributed by atoms with E-state index < -0.39 is 20.9 Å². The molecule has 0 radical (unpaired) electrons. The predicted molar refractivity (Wildman–Crippen MR) is 107 cm³/mol. The molecule has 0 saturated carbocycles. The topological polar surface area (TPSA) is 119 Å². The number of carbonyl (C=O) groups is 1. The SMILES string of the molecule is CCOc1ccc(C(=O)Nc2cccc(S(=O)(=O)N3CCCC3)c2)cc1[N+](=O)[O-]. The zero-order chi connectivity index (χ0) is 21.0. The number of sulfonamides is 1. The number of ether oxygens (including phenoxy) is 1. The summed E-state index contributed by atoms with van der Waals surface area (Å²) < 4.78 is 32.0. The van der Waals surface area contributed by atoms with Gasteiger partial charge in [0.05, 0.1) is 16.4 Å². The van der Waals surface area contributed by atoms with E-state index in [1.807, 2.05) is 0 Å². The molecule has 0 spiro atoms. The predicted octanol–water partition coefficient (Wildman–Crippen LogP) is 3.03. The number of anilines is 1. The van der Waals surface area contributed by atoms with Gasteiger partial charge in [-0.2, -0.15) is 4.31 Å². The van der Waals surface area contributed by atoms with Crippen LogP contribution < -0.4 is 10.1 Å². The van der Waals surface area contributed by atoms with Crippen molar-refractivity contribution < 1.29 is 22.9 Å². The minimum Gasteiger partial charge on any atom is -0.487 e. The van der Waals surface area contributed by atoms with Crippen molar-refractivity contribution in [3.63, 3.8) is 0 Å². The van der Waals surface area contributed by atoms with E-state index in [-0.39, 0.29) is 34.2 Å². The molecule has 29 heavy (non-hydrogen) atoms. The van der Waals surface area contributed by atoms with Crippen LogP contribution in [0.4, 0.5) is 11.4 Å². The molecule has 2 aromatic rings. The lowest BCUT2D eigenvalue weighted by molar-refractivity contribution is -0.385. The number of hydrogen-bond donors (Lipinski definition) is 1. The Morgan fingerprint density at radius 1 is 1.21 bits per heavy atom. The first kappa shape index (κ1) is 20.7. The molecule has 1 N–H and O–H groups in total. The van der Waals surface area contributed by atoms with E-state index in [0.29, 0.717) is 13.1 Å². The van der Waals surface area contributed by atoms with Crippen molar-refractivity contribution in [2.75, 3.05) is 25.0 Å². The van der Waals surface area contributed by atoms with E-state index in [0.717, 1.165) is 18.9 Å². The van der Waals surface area contributed by atoms with Crippen molar-refractivity contribution in [2.45, 2.75) is 24.7 Å². The third-order valence-electron chi connectivity index (χ3n) is 4.51. The highest BCUT2D eigenvalue weighted by molar-refractivity contribution is 7.89. The number of hydrogen-bond acceptors (Lipinski definition) is 6. The van der Waals surface area contributed by atoms with Gasteiger partial charge in [-0.25, -0.2) is 8.42 Å². The van der Waals surface area contributed by atoms with Gasteiger partial charge in [0, 0.05) is 30.4 Å². The number of rotatable bonds is 7. The van der Waals surface area contributed by atoms with Crippen LogP contribution in [0.15, 0.2) is 47.4 Å². The Balaban J connectivity index is 1.83. The molecule has 0 aliphatic carbocycles. The molecule has 154 valence electrons. The summed E-state index contributed by atoms with van der Waals surface area (Å²) in [4.78, 5) is 23.2. The average molecular weight is 419 g/mol. The van der Waals surface area contributed by atoms with Crippen LogP contribution in [0.5, 0.6) is 5.75 Å². The van der Waals surface area contributed by atoms with Crippen LogP contribution in [-0.2, 0) is 10.0 Å². The third kappa shape index (κ3) is 4.54. The monoisotopic (exact) mass is 419 g/mol. The molecule has 1 fully saturated rings. The van der Waals surface area contributed by atoms with Crippen molar-refractivity contribution in [2.24, 2.45) is 0 Å². The summed E-state index contributed by atoms with van der Waals surface area (Å²) in [7, 11) is -3.62. The summed E-state index contributed by atoms with van der Waals surface area (Å²) in [5.41, 5.74) is 0.0321. The van der Waals surface area contributed by atoms with Gasteiger partial charge in [0.15, 0.2) is 5.75 Å². The van der Waals surface area contributed by atoms with Crippen LogP contribution in [0.25, 0.3) is 0 Å². The van der Waals surface area contributed by atoms with Crippen LogP contribution in [0.1, 0.15) is 30.1 Å². The molecule has 3 rings (SSSR count). The van der Waals surface area contributed by atoms with Crippen molar-refractivity contribution in [1.29, 1.82) is 0 Å². The fourth-order valence-electron chi connectivity index (χ4n) is 3.09. The summed E-state index contributed by atoms with van der Waals surface area (Å²) in [6, 6.07) is 9.87. The molecule has 1 heterocycles. The molecule has 1 amide bonds. The van der Waals surface area contributed by atoms with Crippen LogP contribution in [0.2, 0.25) is 0 Å². The second-order valence-corrected chi connectivity index (χ2v) is 8.40. The highest BCUT2D eigenvalue weighted by Crippen LogP contribution is 2.29. The van der Waals surface area contributed by atoms with E-state index in [1.165, 1.54) is 28.6 Å². The third-order valence-corrected chi connectivity index (χ3v) is 6.41. The van der Waals surface area contributed by atoms with Gasteiger partial charge in [0.2, 0.25) is 10.0 Å². The minimum absolute atomic E-state index is 0.0629. The normalized spacial score (nSPS) is 14.5. The number of nitrogens with zero attached hydrogens (tertiary/aromatic N) is 2. The molecule has 0 unspecified atom stereocenters. The number of carbonyl (C=O) groups excluding carboxylic acids is 1. The van der Waals surface area contributed by atoms with Crippen LogP contribution in [0, 0.1) is 10.1 Å². The van der Waals surface area contributed by atoms with E-state index in [9.17, 15) is 23.3 Å². The lowest BCUT2D eigenvalue weighted by Crippen LogP contribution is -2.27. The summed E-state index contributed by atoms with van der Waals surface area (Å²) in [5, 5.41) is 13.8. The van der Waals surface area contributed by atoms with Crippen molar-refractivity contribution in [3.05, 3.63) is 58.1 Å². The van der Waals surface area contributed by atoms with Gasteiger partial charge in [-0.05, 0) is 50.1 Å². The summed E-state index contributed by atoms with van der Waals surface area (Å²) >= 11 is 0. The molecule has 9 nitrogen and oxygen atoms in total. The number of benzene rings is 2. The average Bonchev–Trinajstić information content (AvgIpc) is 3.24. The molecule has 0 atom stereocenters. The molecule has 0 bridgehead atoms.